The van der Waals surface area contributed by atoms with Gasteiger partial charge < -0.3 is 0 Å². The molecule has 0 fully saturated rings. The fraction of sp³-hybridized carbons (Fsp3) is 0.0370. The lowest BCUT2D eigenvalue weighted by molar-refractivity contribution is 1.23. The molecule has 6 aromatic rings. The fourth-order valence-corrected chi connectivity index (χ4v) is 5.94. The SMILES string of the molecule is Cc1cc2c(ccc3c4ccnc5c4c(cc23)Sc2cc3ccccc3cc2-5)cn1. The van der Waals surface area contributed by atoms with Crippen LogP contribution in [0.2, 0.25) is 0 Å². The molecule has 4 aromatic carbocycles. The summed E-state index contributed by atoms with van der Waals surface area (Å²) in [5.74, 6) is 0. The summed E-state index contributed by atoms with van der Waals surface area (Å²) in [7, 11) is 0. The van der Waals surface area contributed by atoms with E-state index in [4.69, 9.17) is 4.98 Å². The molecule has 0 saturated heterocycles. The molecule has 0 amide bonds. The molecule has 0 unspecified atom stereocenters. The first-order chi connectivity index (χ1) is 14.8. The van der Waals surface area contributed by atoms with Crippen molar-refractivity contribution in [2.45, 2.75) is 16.7 Å². The first-order valence-corrected chi connectivity index (χ1v) is 10.9. The molecule has 3 heterocycles. The van der Waals surface area contributed by atoms with Crippen LogP contribution in [-0.4, -0.2) is 9.97 Å². The molecule has 0 atom stereocenters. The molecule has 140 valence electrons. The summed E-state index contributed by atoms with van der Waals surface area (Å²) in [6.45, 7) is 2.06. The third-order valence-electron chi connectivity index (χ3n) is 6.17. The molecule has 0 saturated carbocycles. The Hall–Kier alpha value is -3.43. The predicted molar refractivity (Wildman–Crippen MR) is 126 cm³/mol. The molecule has 2 aromatic heterocycles. The standard InChI is InChI=1S/C27H16N2S/c1-15-10-21-18(14-29-15)6-7-19-20-8-9-28-27-23-11-16-4-2-3-5-17(16)12-24(23)30-25(26(20)27)13-22(19)21/h2-14H,1H3. The zero-order valence-corrected chi connectivity index (χ0v) is 17.1. The van der Waals surface area contributed by atoms with Gasteiger partial charge in [-0.15, -0.1) is 0 Å². The number of pyridine rings is 2. The molecule has 1 aliphatic rings. The van der Waals surface area contributed by atoms with Crippen LogP contribution in [0.5, 0.6) is 0 Å². The van der Waals surface area contributed by atoms with E-state index in [1.807, 2.05) is 24.2 Å². The maximum absolute atomic E-state index is 4.85. The quantitative estimate of drug-likeness (QED) is 0.246. The van der Waals surface area contributed by atoms with Crippen molar-refractivity contribution in [1.29, 1.82) is 0 Å². The van der Waals surface area contributed by atoms with E-state index in [1.165, 1.54) is 58.4 Å². The van der Waals surface area contributed by atoms with Gasteiger partial charge in [-0.25, -0.2) is 0 Å². The lowest BCUT2D eigenvalue weighted by Gasteiger charge is -2.21. The first-order valence-electron chi connectivity index (χ1n) is 10.1. The highest BCUT2D eigenvalue weighted by Crippen LogP contribution is 2.50. The monoisotopic (exact) mass is 400 g/mol. The van der Waals surface area contributed by atoms with Crippen LogP contribution in [0.4, 0.5) is 0 Å². The van der Waals surface area contributed by atoms with Crippen molar-refractivity contribution in [2.24, 2.45) is 0 Å². The largest absolute Gasteiger partial charge is 0.261 e. The van der Waals surface area contributed by atoms with Crippen molar-refractivity contribution in [3.8, 4) is 11.3 Å². The Balaban J connectivity index is 1.65. The van der Waals surface area contributed by atoms with Crippen molar-refractivity contribution in [3.05, 3.63) is 84.8 Å². The number of aromatic nitrogens is 2. The van der Waals surface area contributed by atoms with Gasteiger partial charge in [0.05, 0.1) is 5.69 Å². The summed E-state index contributed by atoms with van der Waals surface area (Å²) in [6.07, 6.45) is 3.93. The minimum absolute atomic E-state index is 1.05. The van der Waals surface area contributed by atoms with E-state index in [0.29, 0.717) is 0 Å². The second-order valence-corrected chi connectivity index (χ2v) is 9.05. The lowest BCUT2D eigenvalue weighted by atomic mass is 9.94. The number of fused-ring (bicyclic) bond motifs is 7. The van der Waals surface area contributed by atoms with E-state index in [-0.39, 0.29) is 0 Å². The fourth-order valence-electron chi connectivity index (χ4n) is 4.77. The van der Waals surface area contributed by atoms with Gasteiger partial charge in [0.2, 0.25) is 0 Å². The zero-order chi connectivity index (χ0) is 19.8. The number of rotatable bonds is 0. The summed E-state index contributed by atoms with van der Waals surface area (Å²) < 4.78 is 0. The molecule has 30 heavy (non-hydrogen) atoms. The van der Waals surface area contributed by atoms with Crippen LogP contribution in [0.3, 0.4) is 0 Å². The van der Waals surface area contributed by atoms with Crippen LogP contribution in [0, 0.1) is 6.92 Å². The molecule has 1 aliphatic heterocycles. The maximum Gasteiger partial charge on any atom is 0.0803 e. The Labute approximate surface area is 177 Å². The van der Waals surface area contributed by atoms with Gasteiger partial charge in [0.15, 0.2) is 0 Å². The number of hydrogen-bond donors (Lipinski definition) is 0. The van der Waals surface area contributed by atoms with E-state index in [9.17, 15) is 0 Å². The average molecular weight is 401 g/mol. The molecule has 0 radical (unpaired) electrons. The maximum atomic E-state index is 4.85. The Morgan fingerprint density at radius 2 is 1.53 bits per heavy atom. The van der Waals surface area contributed by atoms with E-state index in [1.54, 1.807) is 0 Å². The molecule has 3 heteroatoms. The summed E-state index contributed by atoms with van der Waals surface area (Å²) in [4.78, 5) is 11.9. The van der Waals surface area contributed by atoms with Gasteiger partial charge in [0, 0.05) is 44.2 Å². The number of nitrogens with zero attached hydrogens (tertiary/aromatic N) is 2. The van der Waals surface area contributed by atoms with Crippen molar-refractivity contribution in [2.75, 3.05) is 0 Å². The molecular formula is C27H16N2S. The number of aryl methyl sites for hydroxylation is 1. The normalized spacial score (nSPS) is 12.7. The highest BCUT2D eigenvalue weighted by molar-refractivity contribution is 7.99. The third kappa shape index (κ3) is 2.16. The molecule has 0 bridgehead atoms. The predicted octanol–water partition coefficient (Wildman–Crippen LogP) is 7.53. The van der Waals surface area contributed by atoms with E-state index < -0.39 is 0 Å². The van der Waals surface area contributed by atoms with E-state index in [0.717, 1.165) is 11.4 Å². The van der Waals surface area contributed by atoms with Crippen LogP contribution in [0.15, 0.2) is 88.9 Å². The van der Waals surface area contributed by atoms with Crippen molar-refractivity contribution >= 4 is 54.9 Å². The van der Waals surface area contributed by atoms with Gasteiger partial charge >= 0.3 is 0 Å². The Bertz CT molecular complexity index is 1680. The van der Waals surface area contributed by atoms with Gasteiger partial charge in [-0.05, 0) is 69.6 Å². The minimum atomic E-state index is 1.05. The average Bonchev–Trinajstić information content (AvgIpc) is 2.78. The second-order valence-electron chi connectivity index (χ2n) is 7.96. The van der Waals surface area contributed by atoms with Crippen molar-refractivity contribution < 1.29 is 0 Å². The first kappa shape index (κ1) is 16.4. The molecular weight excluding hydrogens is 384 g/mol. The van der Waals surface area contributed by atoms with Gasteiger partial charge in [-0.1, -0.05) is 48.2 Å². The Kier molecular flexibility index (Phi) is 3.17. The van der Waals surface area contributed by atoms with Gasteiger partial charge in [-0.3, -0.25) is 9.97 Å². The highest BCUT2D eigenvalue weighted by Gasteiger charge is 2.22. The van der Waals surface area contributed by atoms with Gasteiger partial charge in [0.25, 0.3) is 0 Å². The Morgan fingerprint density at radius 3 is 2.43 bits per heavy atom. The zero-order valence-electron chi connectivity index (χ0n) is 16.3. The summed E-state index contributed by atoms with van der Waals surface area (Å²) in [5, 5.41) is 10.1. The topological polar surface area (TPSA) is 25.8 Å². The van der Waals surface area contributed by atoms with Crippen LogP contribution in [0.25, 0.3) is 54.3 Å². The number of hydrogen-bond acceptors (Lipinski definition) is 3. The van der Waals surface area contributed by atoms with E-state index >= 15 is 0 Å². The summed E-state index contributed by atoms with van der Waals surface area (Å²) in [6, 6.07) is 24.3. The van der Waals surface area contributed by atoms with E-state index in [2.05, 4.69) is 78.6 Å². The van der Waals surface area contributed by atoms with Crippen LogP contribution < -0.4 is 0 Å². The van der Waals surface area contributed by atoms with Crippen LogP contribution >= 0.6 is 11.8 Å². The number of benzene rings is 4. The second kappa shape index (κ2) is 5.80. The Morgan fingerprint density at radius 1 is 0.667 bits per heavy atom. The third-order valence-corrected chi connectivity index (χ3v) is 7.27. The van der Waals surface area contributed by atoms with Crippen molar-refractivity contribution in [1.82, 2.24) is 9.97 Å². The molecule has 0 spiro atoms. The lowest BCUT2D eigenvalue weighted by Crippen LogP contribution is -1.97. The molecule has 0 N–H and O–H groups in total. The van der Waals surface area contributed by atoms with Crippen molar-refractivity contribution in [3.63, 3.8) is 0 Å². The molecule has 0 aliphatic carbocycles. The smallest absolute Gasteiger partial charge is 0.0803 e. The minimum Gasteiger partial charge on any atom is -0.261 e. The summed E-state index contributed by atoms with van der Waals surface area (Å²) >= 11 is 1.86. The van der Waals surface area contributed by atoms with Gasteiger partial charge in [-0.2, -0.15) is 0 Å². The van der Waals surface area contributed by atoms with Crippen LogP contribution in [0.1, 0.15) is 5.69 Å². The van der Waals surface area contributed by atoms with Crippen LogP contribution in [-0.2, 0) is 0 Å². The highest BCUT2D eigenvalue weighted by atomic mass is 32.2. The van der Waals surface area contributed by atoms with Gasteiger partial charge in [0.1, 0.15) is 0 Å². The molecule has 7 rings (SSSR count). The molecule has 2 nitrogen and oxygen atoms in total. The summed E-state index contributed by atoms with van der Waals surface area (Å²) in [5.41, 5.74) is 3.37.